The highest BCUT2D eigenvalue weighted by atomic mass is 35.5. The van der Waals surface area contributed by atoms with E-state index in [1.165, 1.54) is 6.42 Å². The third-order valence-corrected chi connectivity index (χ3v) is 5.00. The molecule has 5 nitrogen and oxygen atoms in total. The minimum atomic E-state index is 0.128. The zero-order valence-corrected chi connectivity index (χ0v) is 15.3. The molecule has 1 aliphatic heterocycles. The van der Waals surface area contributed by atoms with Gasteiger partial charge in [-0.3, -0.25) is 4.79 Å². The van der Waals surface area contributed by atoms with E-state index in [-0.39, 0.29) is 12.3 Å². The Bertz CT molecular complexity index is 691. The maximum Gasteiger partial charge on any atom is 0.228 e. The third kappa shape index (κ3) is 4.83. The van der Waals surface area contributed by atoms with Crippen LogP contribution >= 0.6 is 11.6 Å². The Morgan fingerprint density at radius 2 is 2.04 bits per heavy atom. The van der Waals surface area contributed by atoms with Crippen LogP contribution in [0.4, 0.5) is 0 Å². The number of aromatic nitrogens is 1. The van der Waals surface area contributed by atoms with Gasteiger partial charge in [0.2, 0.25) is 11.8 Å². The summed E-state index contributed by atoms with van der Waals surface area (Å²) in [6, 6.07) is 7.31. The maximum absolute atomic E-state index is 12.5. The van der Waals surface area contributed by atoms with Crippen molar-refractivity contribution in [2.24, 2.45) is 5.92 Å². The summed E-state index contributed by atoms with van der Waals surface area (Å²) in [7, 11) is 1.98. The number of carbonyl (C=O) groups excluding carboxylic acids is 1. The van der Waals surface area contributed by atoms with Gasteiger partial charge in [-0.15, -0.1) is 0 Å². The normalized spacial score (nSPS) is 15.5. The van der Waals surface area contributed by atoms with Gasteiger partial charge < -0.3 is 14.6 Å². The molecule has 0 radical (unpaired) electrons. The molecule has 0 atom stereocenters. The average molecular weight is 362 g/mol. The van der Waals surface area contributed by atoms with Crippen LogP contribution in [0.3, 0.4) is 0 Å². The number of likely N-dealkylation sites (tertiary alicyclic amines) is 1. The van der Waals surface area contributed by atoms with Gasteiger partial charge in [0.15, 0.2) is 0 Å². The molecule has 1 N–H and O–H groups in total. The fourth-order valence-electron chi connectivity index (χ4n) is 3.20. The van der Waals surface area contributed by atoms with Gasteiger partial charge in [-0.1, -0.05) is 11.6 Å². The summed E-state index contributed by atoms with van der Waals surface area (Å²) in [4.78, 5) is 18.9. The summed E-state index contributed by atoms with van der Waals surface area (Å²) in [5, 5.41) is 3.86. The zero-order valence-electron chi connectivity index (χ0n) is 14.5. The van der Waals surface area contributed by atoms with Crippen LogP contribution in [-0.2, 0) is 11.2 Å². The minimum Gasteiger partial charge on any atom is -0.444 e. The van der Waals surface area contributed by atoms with Crippen LogP contribution in [0.25, 0.3) is 11.5 Å². The van der Waals surface area contributed by atoms with Crippen LogP contribution in [0, 0.1) is 5.92 Å². The molecule has 0 unspecified atom stereocenters. The number of hydrogen-bond acceptors (Lipinski definition) is 4. The van der Waals surface area contributed by atoms with Gasteiger partial charge in [-0.05, 0) is 63.0 Å². The van der Waals surface area contributed by atoms with Crippen molar-refractivity contribution < 1.29 is 9.21 Å². The zero-order chi connectivity index (χ0) is 17.6. The molecule has 0 bridgehead atoms. The fourth-order valence-corrected chi connectivity index (χ4v) is 3.33. The van der Waals surface area contributed by atoms with Gasteiger partial charge in [-0.2, -0.15) is 0 Å². The molecular formula is C19H24ClN3O2. The average Bonchev–Trinajstić information content (AvgIpc) is 3.09. The van der Waals surface area contributed by atoms with Crippen molar-refractivity contribution in [3.8, 4) is 11.5 Å². The van der Waals surface area contributed by atoms with E-state index < -0.39 is 0 Å². The summed E-state index contributed by atoms with van der Waals surface area (Å²) in [5.41, 5.74) is 1.53. The number of oxazole rings is 1. The second kappa shape index (κ2) is 8.50. The number of hydrogen-bond donors (Lipinski definition) is 1. The van der Waals surface area contributed by atoms with Crippen molar-refractivity contribution in [3.05, 3.63) is 41.2 Å². The highest BCUT2D eigenvalue weighted by Gasteiger charge is 2.23. The van der Waals surface area contributed by atoms with Gasteiger partial charge in [0.05, 0.1) is 12.1 Å². The largest absolute Gasteiger partial charge is 0.444 e. The van der Waals surface area contributed by atoms with Crippen LogP contribution in [0.15, 0.2) is 34.9 Å². The molecule has 1 aromatic heterocycles. The Balaban J connectivity index is 1.53. The molecule has 2 aromatic rings. The molecule has 6 heteroatoms. The molecule has 2 heterocycles. The second-order valence-electron chi connectivity index (χ2n) is 6.54. The molecule has 1 aliphatic rings. The molecule has 1 fully saturated rings. The van der Waals surface area contributed by atoms with Crippen molar-refractivity contribution in [1.82, 2.24) is 15.2 Å². The molecule has 0 aliphatic carbocycles. The lowest BCUT2D eigenvalue weighted by Crippen LogP contribution is -2.39. The Morgan fingerprint density at radius 3 is 2.72 bits per heavy atom. The summed E-state index contributed by atoms with van der Waals surface area (Å²) in [6.07, 6.45) is 5.22. The van der Waals surface area contributed by atoms with E-state index in [0.717, 1.165) is 44.0 Å². The molecule has 0 saturated carbocycles. The third-order valence-electron chi connectivity index (χ3n) is 4.75. The summed E-state index contributed by atoms with van der Waals surface area (Å²) in [6.45, 7) is 2.73. The monoisotopic (exact) mass is 361 g/mol. The summed E-state index contributed by atoms with van der Waals surface area (Å²) >= 11 is 5.89. The lowest BCUT2D eigenvalue weighted by Gasteiger charge is -2.32. The summed E-state index contributed by atoms with van der Waals surface area (Å²) < 4.78 is 5.51. The van der Waals surface area contributed by atoms with E-state index in [2.05, 4.69) is 10.3 Å². The fraction of sp³-hybridized carbons (Fsp3) is 0.474. The molecule has 3 rings (SSSR count). The molecule has 1 saturated heterocycles. The van der Waals surface area contributed by atoms with Crippen LogP contribution in [0.1, 0.15) is 25.0 Å². The van der Waals surface area contributed by atoms with Crippen molar-refractivity contribution in [1.29, 1.82) is 0 Å². The van der Waals surface area contributed by atoms with E-state index >= 15 is 0 Å². The Labute approximate surface area is 153 Å². The minimum absolute atomic E-state index is 0.128. The Kier molecular flexibility index (Phi) is 6.10. The van der Waals surface area contributed by atoms with Gasteiger partial charge in [0.1, 0.15) is 6.26 Å². The standard InChI is InChI=1S/C19H24ClN3O2/c1-21-9-6-14-7-10-23(11-8-14)18(24)12-17-13-25-19(22-17)15-2-4-16(20)5-3-15/h2-5,13-14,21H,6-12H2,1H3. The predicted molar refractivity (Wildman–Crippen MR) is 98.5 cm³/mol. The predicted octanol–water partition coefficient (Wildman–Crippen LogP) is 3.39. The first kappa shape index (κ1) is 18.0. The smallest absolute Gasteiger partial charge is 0.228 e. The molecule has 134 valence electrons. The van der Waals surface area contributed by atoms with Crippen LogP contribution in [0.5, 0.6) is 0 Å². The molecule has 1 aromatic carbocycles. The summed E-state index contributed by atoms with van der Waals surface area (Å²) in [5.74, 6) is 1.37. The van der Waals surface area contributed by atoms with Crippen molar-refractivity contribution in [3.63, 3.8) is 0 Å². The SMILES string of the molecule is CNCCC1CCN(C(=O)Cc2coc(-c3ccc(Cl)cc3)n2)CC1. The lowest BCUT2D eigenvalue weighted by atomic mass is 9.93. The number of halogens is 1. The van der Waals surface area contributed by atoms with Crippen LogP contribution in [0.2, 0.25) is 5.02 Å². The van der Waals surface area contributed by atoms with Crippen molar-refractivity contribution in [2.45, 2.75) is 25.7 Å². The van der Waals surface area contributed by atoms with E-state index in [4.69, 9.17) is 16.0 Å². The molecule has 1 amide bonds. The van der Waals surface area contributed by atoms with Crippen LogP contribution in [-0.4, -0.2) is 42.5 Å². The van der Waals surface area contributed by atoms with E-state index in [9.17, 15) is 4.79 Å². The van der Waals surface area contributed by atoms with E-state index in [0.29, 0.717) is 16.6 Å². The second-order valence-corrected chi connectivity index (χ2v) is 6.98. The maximum atomic E-state index is 12.5. The van der Waals surface area contributed by atoms with Crippen LogP contribution < -0.4 is 5.32 Å². The lowest BCUT2D eigenvalue weighted by molar-refractivity contribution is -0.131. The highest BCUT2D eigenvalue weighted by Crippen LogP contribution is 2.23. The number of carbonyl (C=O) groups is 1. The first-order valence-corrected chi connectivity index (χ1v) is 9.16. The number of rotatable bonds is 6. The first-order valence-electron chi connectivity index (χ1n) is 8.78. The Hall–Kier alpha value is -1.85. The molecule has 25 heavy (non-hydrogen) atoms. The molecule has 0 spiro atoms. The number of benzene rings is 1. The quantitative estimate of drug-likeness (QED) is 0.856. The van der Waals surface area contributed by atoms with Gasteiger partial charge in [-0.25, -0.2) is 4.98 Å². The topological polar surface area (TPSA) is 58.4 Å². The van der Waals surface area contributed by atoms with E-state index in [1.54, 1.807) is 18.4 Å². The first-order chi connectivity index (χ1) is 12.2. The number of nitrogens with one attached hydrogen (secondary N) is 1. The van der Waals surface area contributed by atoms with Crippen molar-refractivity contribution >= 4 is 17.5 Å². The van der Waals surface area contributed by atoms with Crippen molar-refractivity contribution in [2.75, 3.05) is 26.7 Å². The van der Waals surface area contributed by atoms with E-state index in [1.807, 2.05) is 24.1 Å². The van der Waals surface area contributed by atoms with Gasteiger partial charge in [0.25, 0.3) is 0 Å². The van der Waals surface area contributed by atoms with Gasteiger partial charge >= 0.3 is 0 Å². The number of nitrogens with zero attached hydrogens (tertiary/aromatic N) is 2. The highest BCUT2D eigenvalue weighted by molar-refractivity contribution is 6.30. The molecular weight excluding hydrogens is 338 g/mol. The van der Waals surface area contributed by atoms with Gasteiger partial charge in [0, 0.05) is 23.7 Å². The number of amides is 1. The Morgan fingerprint density at radius 1 is 1.32 bits per heavy atom. The number of piperidine rings is 1.